The average molecular weight is 216 g/mol. The lowest BCUT2D eigenvalue weighted by molar-refractivity contribution is -0.142. The Bertz CT molecular complexity index is 207. The van der Waals surface area contributed by atoms with Gasteiger partial charge in [0.1, 0.15) is 6.04 Å². The van der Waals surface area contributed by atoms with Crippen molar-refractivity contribution in [1.82, 2.24) is 10.6 Å². The van der Waals surface area contributed by atoms with E-state index in [4.69, 9.17) is 0 Å². The van der Waals surface area contributed by atoms with Gasteiger partial charge in [0.15, 0.2) is 0 Å². The summed E-state index contributed by atoms with van der Waals surface area (Å²) in [5.41, 5.74) is 0. The number of unbranched alkanes of at least 4 members (excludes halogenated alkanes) is 2. The molecule has 0 aliphatic rings. The summed E-state index contributed by atoms with van der Waals surface area (Å²) in [6.07, 6.45) is 3.16. The summed E-state index contributed by atoms with van der Waals surface area (Å²) in [5, 5.41) is 5.15. The van der Waals surface area contributed by atoms with Crippen molar-refractivity contribution >= 4 is 12.0 Å². The van der Waals surface area contributed by atoms with Crippen molar-refractivity contribution in [1.29, 1.82) is 0 Å². The van der Waals surface area contributed by atoms with E-state index in [0.717, 1.165) is 19.3 Å². The number of esters is 1. The van der Waals surface area contributed by atoms with Gasteiger partial charge in [-0.15, -0.1) is 0 Å². The van der Waals surface area contributed by atoms with E-state index in [1.807, 2.05) is 0 Å². The van der Waals surface area contributed by atoms with Crippen molar-refractivity contribution in [3.63, 3.8) is 0 Å². The van der Waals surface area contributed by atoms with Crippen molar-refractivity contribution in [2.75, 3.05) is 13.7 Å². The Morgan fingerprint density at radius 3 is 2.53 bits per heavy atom. The first-order valence-corrected chi connectivity index (χ1v) is 5.24. The van der Waals surface area contributed by atoms with Gasteiger partial charge in [0.2, 0.25) is 0 Å². The quantitative estimate of drug-likeness (QED) is 0.515. The number of ether oxygens (including phenoxy) is 1. The summed E-state index contributed by atoms with van der Waals surface area (Å²) in [5.74, 6) is -0.446. The van der Waals surface area contributed by atoms with Gasteiger partial charge in [-0.2, -0.15) is 0 Å². The van der Waals surface area contributed by atoms with Gasteiger partial charge in [-0.05, 0) is 13.3 Å². The molecule has 1 atom stereocenters. The second-order valence-electron chi connectivity index (χ2n) is 3.35. The van der Waals surface area contributed by atoms with Crippen molar-refractivity contribution < 1.29 is 14.3 Å². The summed E-state index contributed by atoms with van der Waals surface area (Å²) in [6, 6.07) is -0.940. The van der Waals surface area contributed by atoms with Gasteiger partial charge in [0, 0.05) is 6.54 Å². The number of hydrogen-bond donors (Lipinski definition) is 2. The molecule has 15 heavy (non-hydrogen) atoms. The third-order valence-corrected chi connectivity index (χ3v) is 1.97. The molecule has 5 nitrogen and oxygen atoms in total. The molecule has 0 aliphatic heterocycles. The summed E-state index contributed by atoms with van der Waals surface area (Å²) in [6.45, 7) is 4.31. The number of urea groups is 1. The third-order valence-electron chi connectivity index (χ3n) is 1.97. The molecule has 0 aliphatic carbocycles. The van der Waals surface area contributed by atoms with E-state index in [1.54, 1.807) is 6.92 Å². The van der Waals surface area contributed by atoms with Crippen molar-refractivity contribution in [3.8, 4) is 0 Å². The Labute approximate surface area is 90.6 Å². The zero-order valence-corrected chi connectivity index (χ0v) is 9.63. The molecule has 0 aromatic rings. The van der Waals surface area contributed by atoms with Crippen LogP contribution in [-0.4, -0.2) is 31.7 Å². The lowest BCUT2D eigenvalue weighted by Gasteiger charge is -2.12. The minimum Gasteiger partial charge on any atom is -0.467 e. The number of nitrogens with one attached hydrogen (secondary N) is 2. The summed E-state index contributed by atoms with van der Waals surface area (Å²) < 4.78 is 4.47. The Kier molecular flexibility index (Phi) is 7.40. The second kappa shape index (κ2) is 8.08. The van der Waals surface area contributed by atoms with Crippen LogP contribution in [0.25, 0.3) is 0 Å². The maximum absolute atomic E-state index is 11.2. The van der Waals surface area contributed by atoms with Crippen LogP contribution in [0, 0.1) is 0 Å². The molecule has 88 valence electrons. The molecule has 5 heteroatoms. The number of amides is 2. The lowest BCUT2D eigenvalue weighted by atomic mass is 10.2. The predicted octanol–water partition coefficient (Wildman–Crippen LogP) is 1.04. The predicted molar refractivity (Wildman–Crippen MR) is 57.5 cm³/mol. The summed E-state index contributed by atoms with van der Waals surface area (Å²) >= 11 is 0. The molecule has 0 heterocycles. The normalized spacial score (nSPS) is 11.7. The average Bonchev–Trinajstić information content (AvgIpc) is 2.23. The van der Waals surface area contributed by atoms with E-state index in [0.29, 0.717) is 6.54 Å². The SMILES string of the molecule is CCCCCNC(=O)NC(C)C(=O)OC. The molecule has 0 saturated carbocycles. The molecule has 0 bridgehead atoms. The molecule has 0 fully saturated rings. The molecule has 0 aromatic heterocycles. The Morgan fingerprint density at radius 2 is 2.00 bits per heavy atom. The molecule has 2 N–H and O–H groups in total. The van der Waals surface area contributed by atoms with E-state index in [2.05, 4.69) is 22.3 Å². The monoisotopic (exact) mass is 216 g/mol. The van der Waals surface area contributed by atoms with E-state index >= 15 is 0 Å². The fourth-order valence-electron chi connectivity index (χ4n) is 1.06. The van der Waals surface area contributed by atoms with E-state index in [-0.39, 0.29) is 6.03 Å². The zero-order valence-electron chi connectivity index (χ0n) is 9.63. The highest BCUT2D eigenvalue weighted by atomic mass is 16.5. The zero-order chi connectivity index (χ0) is 11.7. The van der Waals surface area contributed by atoms with Gasteiger partial charge >= 0.3 is 12.0 Å². The lowest BCUT2D eigenvalue weighted by Crippen LogP contribution is -2.45. The van der Waals surface area contributed by atoms with Crippen LogP contribution in [0.4, 0.5) is 4.79 Å². The largest absolute Gasteiger partial charge is 0.467 e. The Balaban J connectivity index is 3.60. The molecule has 0 rings (SSSR count). The van der Waals surface area contributed by atoms with Crippen LogP contribution in [0.15, 0.2) is 0 Å². The van der Waals surface area contributed by atoms with Crippen LogP contribution in [0.1, 0.15) is 33.1 Å². The maximum Gasteiger partial charge on any atom is 0.328 e. The molecular weight excluding hydrogens is 196 g/mol. The topological polar surface area (TPSA) is 67.4 Å². The van der Waals surface area contributed by atoms with Crippen LogP contribution < -0.4 is 10.6 Å². The van der Waals surface area contributed by atoms with Crippen LogP contribution in [0.3, 0.4) is 0 Å². The number of carbonyl (C=O) groups is 2. The first-order valence-electron chi connectivity index (χ1n) is 5.24. The molecule has 1 unspecified atom stereocenters. The highest BCUT2D eigenvalue weighted by Crippen LogP contribution is 1.91. The summed E-state index contributed by atoms with van der Waals surface area (Å²) in [4.78, 5) is 22.2. The first-order chi connectivity index (χ1) is 7.11. The molecule has 2 amide bonds. The number of carbonyl (C=O) groups excluding carboxylic acids is 2. The van der Waals surface area contributed by atoms with Crippen molar-refractivity contribution in [2.24, 2.45) is 0 Å². The van der Waals surface area contributed by atoms with E-state index < -0.39 is 12.0 Å². The Hall–Kier alpha value is -1.26. The van der Waals surface area contributed by atoms with Crippen LogP contribution in [0.2, 0.25) is 0 Å². The van der Waals surface area contributed by atoms with Crippen LogP contribution >= 0.6 is 0 Å². The van der Waals surface area contributed by atoms with Gasteiger partial charge < -0.3 is 15.4 Å². The smallest absolute Gasteiger partial charge is 0.328 e. The van der Waals surface area contributed by atoms with Gasteiger partial charge in [0.05, 0.1) is 7.11 Å². The van der Waals surface area contributed by atoms with Gasteiger partial charge in [-0.3, -0.25) is 0 Å². The van der Waals surface area contributed by atoms with Gasteiger partial charge in [0.25, 0.3) is 0 Å². The first kappa shape index (κ1) is 13.7. The fourth-order valence-corrected chi connectivity index (χ4v) is 1.06. The van der Waals surface area contributed by atoms with E-state index in [1.165, 1.54) is 7.11 Å². The molecule has 0 saturated heterocycles. The van der Waals surface area contributed by atoms with Crippen molar-refractivity contribution in [3.05, 3.63) is 0 Å². The number of hydrogen-bond acceptors (Lipinski definition) is 3. The highest BCUT2D eigenvalue weighted by molar-refractivity contribution is 5.83. The number of methoxy groups -OCH3 is 1. The number of rotatable bonds is 6. The van der Waals surface area contributed by atoms with E-state index in [9.17, 15) is 9.59 Å². The second-order valence-corrected chi connectivity index (χ2v) is 3.35. The van der Waals surface area contributed by atoms with Gasteiger partial charge in [-0.1, -0.05) is 19.8 Å². The maximum atomic E-state index is 11.2. The standard InChI is InChI=1S/C10H20N2O3/c1-4-5-6-7-11-10(14)12-8(2)9(13)15-3/h8H,4-7H2,1-3H3,(H2,11,12,14). The molecule has 0 aromatic carbocycles. The fraction of sp³-hybridized carbons (Fsp3) is 0.800. The third kappa shape index (κ3) is 6.76. The van der Waals surface area contributed by atoms with Crippen LogP contribution in [0.5, 0.6) is 0 Å². The highest BCUT2D eigenvalue weighted by Gasteiger charge is 2.14. The van der Waals surface area contributed by atoms with Crippen LogP contribution in [-0.2, 0) is 9.53 Å². The summed E-state index contributed by atoms with van der Waals surface area (Å²) in [7, 11) is 1.29. The molecule has 0 radical (unpaired) electrons. The molecular formula is C10H20N2O3. The van der Waals surface area contributed by atoms with Gasteiger partial charge in [-0.25, -0.2) is 9.59 Å². The van der Waals surface area contributed by atoms with Crippen molar-refractivity contribution in [2.45, 2.75) is 39.2 Å². The Morgan fingerprint density at radius 1 is 1.33 bits per heavy atom. The minimum absolute atomic E-state index is 0.330. The molecule has 0 spiro atoms. The minimum atomic E-state index is -0.610.